The highest BCUT2D eigenvalue weighted by atomic mass is 16.2. The number of fused-ring (bicyclic) bond motifs is 1. The summed E-state index contributed by atoms with van der Waals surface area (Å²) < 4.78 is 0. The second-order valence-corrected chi connectivity index (χ2v) is 2.57. The first-order valence-corrected chi connectivity index (χ1v) is 3.55. The molecule has 0 aromatic carbocycles. The number of nitrogens with zero attached hydrogens (tertiary/aromatic N) is 1. The number of aromatic nitrogens is 3. The van der Waals surface area contributed by atoms with Crippen molar-refractivity contribution < 1.29 is 4.79 Å². The molecule has 0 aliphatic rings. The number of carbonyl (C=O) groups excluding carboxylic acids is 1. The first-order valence-electron chi connectivity index (χ1n) is 3.55. The molecule has 2 aromatic rings. The molecule has 0 unspecified atom stereocenters. The number of hydrogen-bond donors (Lipinski definition) is 3. The number of amides is 1. The molecule has 0 atom stereocenters. The number of pyridine rings is 1. The fourth-order valence-electron chi connectivity index (χ4n) is 1.09. The highest BCUT2D eigenvalue weighted by molar-refractivity contribution is 5.95. The van der Waals surface area contributed by atoms with E-state index in [1.165, 1.54) is 6.07 Å². The predicted octanol–water partition coefficient (Wildman–Crippen LogP) is -0.650. The Kier molecular flexibility index (Phi) is 1.42. The number of carbonyl (C=O) groups is 1. The van der Waals surface area contributed by atoms with Gasteiger partial charge in [-0.05, 0) is 6.07 Å². The summed E-state index contributed by atoms with van der Waals surface area (Å²) in [6, 6.07) is 1.40. The molecule has 0 saturated carbocycles. The van der Waals surface area contributed by atoms with Crippen LogP contribution in [0.25, 0.3) is 11.0 Å². The average Bonchev–Trinajstić information content (AvgIpc) is 2.48. The standard InChI is InChI=1S/C7H6N4O2/c8-5(12)4-1-3-2-9-11-6(3)10-7(4)13/h1-2H,(H2,8,12)(H2,9,10,11,13). The summed E-state index contributed by atoms with van der Waals surface area (Å²) in [4.78, 5) is 24.3. The lowest BCUT2D eigenvalue weighted by Gasteiger charge is -1.92. The van der Waals surface area contributed by atoms with Gasteiger partial charge >= 0.3 is 0 Å². The summed E-state index contributed by atoms with van der Waals surface area (Å²) in [5, 5.41) is 6.95. The zero-order valence-corrected chi connectivity index (χ0v) is 6.50. The van der Waals surface area contributed by atoms with Crippen LogP contribution in [-0.2, 0) is 0 Å². The number of rotatable bonds is 1. The maximum Gasteiger partial charge on any atom is 0.262 e. The van der Waals surface area contributed by atoms with Gasteiger partial charge in [-0.15, -0.1) is 0 Å². The minimum atomic E-state index is -0.746. The third-order valence-electron chi connectivity index (χ3n) is 1.71. The summed E-state index contributed by atoms with van der Waals surface area (Å²) >= 11 is 0. The second kappa shape index (κ2) is 2.44. The molecule has 6 nitrogen and oxygen atoms in total. The van der Waals surface area contributed by atoms with Crippen molar-refractivity contribution in [2.75, 3.05) is 0 Å². The van der Waals surface area contributed by atoms with E-state index in [2.05, 4.69) is 15.2 Å². The van der Waals surface area contributed by atoms with Gasteiger partial charge in [0.2, 0.25) is 0 Å². The molecule has 0 spiro atoms. The number of nitrogens with two attached hydrogens (primary N) is 1. The topological polar surface area (TPSA) is 105 Å². The van der Waals surface area contributed by atoms with E-state index in [1.54, 1.807) is 6.20 Å². The Morgan fingerprint density at radius 3 is 3.00 bits per heavy atom. The van der Waals surface area contributed by atoms with Crippen molar-refractivity contribution in [3.8, 4) is 0 Å². The molecule has 2 heterocycles. The van der Waals surface area contributed by atoms with E-state index in [4.69, 9.17) is 5.73 Å². The van der Waals surface area contributed by atoms with Gasteiger partial charge in [0.05, 0.1) is 0 Å². The largest absolute Gasteiger partial charge is 0.365 e. The van der Waals surface area contributed by atoms with Crippen LogP contribution >= 0.6 is 0 Å². The van der Waals surface area contributed by atoms with Gasteiger partial charge in [-0.2, -0.15) is 5.10 Å². The predicted molar refractivity (Wildman–Crippen MR) is 45.2 cm³/mol. The zero-order chi connectivity index (χ0) is 9.42. The van der Waals surface area contributed by atoms with Crippen molar-refractivity contribution in [3.63, 3.8) is 0 Å². The van der Waals surface area contributed by atoms with Gasteiger partial charge in [-0.1, -0.05) is 0 Å². The minimum Gasteiger partial charge on any atom is -0.365 e. The lowest BCUT2D eigenvalue weighted by atomic mass is 10.2. The van der Waals surface area contributed by atoms with E-state index >= 15 is 0 Å². The Balaban J connectivity index is 2.84. The fourth-order valence-corrected chi connectivity index (χ4v) is 1.09. The third kappa shape index (κ3) is 1.08. The Hall–Kier alpha value is -2.11. The Morgan fingerprint density at radius 2 is 2.31 bits per heavy atom. The van der Waals surface area contributed by atoms with Gasteiger partial charge < -0.3 is 10.7 Å². The molecule has 66 valence electrons. The quantitative estimate of drug-likeness (QED) is 0.540. The van der Waals surface area contributed by atoms with Crippen LogP contribution in [0.5, 0.6) is 0 Å². The van der Waals surface area contributed by atoms with E-state index in [0.717, 1.165) is 0 Å². The summed E-state index contributed by atoms with van der Waals surface area (Å²) in [5.41, 5.74) is 4.81. The molecule has 0 fully saturated rings. The van der Waals surface area contributed by atoms with Crippen LogP contribution in [0.2, 0.25) is 0 Å². The molecule has 0 aliphatic carbocycles. The molecule has 0 aliphatic heterocycles. The minimum absolute atomic E-state index is 0.0612. The fraction of sp³-hybridized carbons (Fsp3) is 0. The molecule has 4 N–H and O–H groups in total. The van der Waals surface area contributed by atoms with E-state index in [0.29, 0.717) is 11.0 Å². The number of aromatic amines is 2. The lowest BCUT2D eigenvalue weighted by Crippen LogP contribution is -2.23. The van der Waals surface area contributed by atoms with Crippen LogP contribution in [0, 0.1) is 0 Å². The Morgan fingerprint density at radius 1 is 1.54 bits per heavy atom. The van der Waals surface area contributed by atoms with Gasteiger partial charge in [-0.3, -0.25) is 14.7 Å². The van der Waals surface area contributed by atoms with Crippen molar-refractivity contribution in [2.24, 2.45) is 5.73 Å². The van der Waals surface area contributed by atoms with Crippen molar-refractivity contribution in [1.29, 1.82) is 0 Å². The average molecular weight is 178 g/mol. The van der Waals surface area contributed by atoms with Crippen molar-refractivity contribution in [1.82, 2.24) is 15.2 Å². The van der Waals surface area contributed by atoms with Crippen LogP contribution in [0.3, 0.4) is 0 Å². The van der Waals surface area contributed by atoms with E-state index in [-0.39, 0.29) is 5.56 Å². The molecule has 1 amide bonds. The van der Waals surface area contributed by atoms with Crippen LogP contribution in [0.4, 0.5) is 0 Å². The maximum atomic E-state index is 11.2. The molecule has 2 rings (SSSR count). The molecule has 2 aromatic heterocycles. The van der Waals surface area contributed by atoms with E-state index in [1.807, 2.05) is 0 Å². The number of primary amides is 1. The van der Waals surface area contributed by atoms with Gasteiger partial charge in [-0.25, -0.2) is 0 Å². The van der Waals surface area contributed by atoms with Gasteiger partial charge in [0.25, 0.3) is 11.5 Å². The summed E-state index contributed by atoms with van der Waals surface area (Å²) in [7, 11) is 0. The summed E-state index contributed by atoms with van der Waals surface area (Å²) in [6.45, 7) is 0. The SMILES string of the molecule is NC(=O)c1cc2c[nH]nc2[nH]c1=O. The Bertz CT molecular complexity index is 525. The smallest absolute Gasteiger partial charge is 0.262 e. The first-order chi connectivity index (χ1) is 6.18. The first kappa shape index (κ1) is 7.53. The zero-order valence-electron chi connectivity index (χ0n) is 6.50. The Labute approximate surface area is 71.8 Å². The highest BCUT2D eigenvalue weighted by Gasteiger charge is 2.08. The molecule has 0 radical (unpaired) electrons. The molecule has 13 heavy (non-hydrogen) atoms. The summed E-state index contributed by atoms with van der Waals surface area (Å²) in [5.74, 6) is -0.746. The van der Waals surface area contributed by atoms with E-state index < -0.39 is 11.5 Å². The van der Waals surface area contributed by atoms with Gasteiger partial charge in [0.15, 0.2) is 5.65 Å². The summed E-state index contributed by atoms with van der Waals surface area (Å²) in [6.07, 6.45) is 1.57. The third-order valence-corrected chi connectivity index (χ3v) is 1.71. The van der Waals surface area contributed by atoms with Crippen LogP contribution in [0.1, 0.15) is 10.4 Å². The monoisotopic (exact) mass is 178 g/mol. The maximum absolute atomic E-state index is 11.2. The van der Waals surface area contributed by atoms with Crippen LogP contribution < -0.4 is 11.3 Å². The number of nitrogens with one attached hydrogen (secondary N) is 2. The number of hydrogen-bond acceptors (Lipinski definition) is 3. The second-order valence-electron chi connectivity index (χ2n) is 2.57. The molecular formula is C7H6N4O2. The highest BCUT2D eigenvalue weighted by Crippen LogP contribution is 2.05. The lowest BCUT2D eigenvalue weighted by molar-refractivity contribution is 0.0999. The molecule has 0 bridgehead atoms. The van der Waals surface area contributed by atoms with Crippen molar-refractivity contribution in [3.05, 3.63) is 28.2 Å². The van der Waals surface area contributed by atoms with Crippen LogP contribution in [-0.4, -0.2) is 21.1 Å². The molecular weight excluding hydrogens is 172 g/mol. The molecule has 0 saturated heterocycles. The molecule has 6 heteroatoms. The van der Waals surface area contributed by atoms with Crippen molar-refractivity contribution in [2.45, 2.75) is 0 Å². The van der Waals surface area contributed by atoms with Crippen LogP contribution in [0.15, 0.2) is 17.1 Å². The number of H-pyrrole nitrogens is 2. The van der Waals surface area contributed by atoms with E-state index in [9.17, 15) is 9.59 Å². The normalized spacial score (nSPS) is 10.5. The van der Waals surface area contributed by atoms with Crippen molar-refractivity contribution >= 4 is 16.9 Å². The van der Waals surface area contributed by atoms with Gasteiger partial charge in [0.1, 0.15) is 5.56 Å². The van der Waals surface area contributed by atoms with Gasteiger partial charge in [0, 0.05) is 11.6 Å².